The highest BCUT2D eigenvalue weighted by Gasteiger charge is 2.43. The molecule has 1 aromatic heterocycles. The van der Waals surface area contributed by atoms with Gasteiger partial charge in [0.2, 0.25) is 0 Å². The van der Waals surface area contributed by atoms with E-state index in [-0.39, 0.29) is 24.7 Å². The highest BCUT2D eigenvalue weighted by Crippen LogP contribution is 2.29. The highest BCUT2D eigenvalue weighted by atomic mass is 32.2. The molecule has 1 saturated heterocycles. The van der Waals surface area contributed by atoms with Crippen LogP contribution in [0, 0.1) is 6.92 Å². The monoisotopic (exact) mass is 323 g/mol. The van der Waals surface area contributed by atoms with E-state index in [1.54, 1.807) is 13.8 Å². The Morgan fingerprint density at radius 3 is 2.90 bits per heavy atom. The second-order valence-electron chi connectivity index (χ2n) is 4.97. The average molecular weight is 323 g/mol. The van der Waals surface area contributed by atoms with Crippen molar-refractivity contribution in [1.29, 1.82) is 0 Å². The number of alkyl halides is 2. The van der Waals surface area contributed by atoms with Gasteiger partial charge in [0.05, 0.1) is 18.8 Å². The van der Waals surface area contributed by atoms with Gasteiger partial charge in [0.25, 0.3) is 15.9 Å². The number of nitrogens with one attached hydrogen (secondary N) is 1. The van der Waals surface area contributed by atoms with E-state index >= 15 is 0 Å². The van der Waals surface area contributed by atoms with E-state index in [0.717, 1.165) is 0 Å². The van der Waals surface area contributed by atoms with Crippen LogP contribution in [0.1, 0.15) is 25.6 Å². The van der Waals surface area contributed by atoms with Crippen molar-refractivity contribution in [2.45, 2.75) is 50.2 Å². The summed E-state index contributed by atoms with van der Waals surface area (Å²) in [5.74, 6) is -2.61. The molecule has 0 saturated carbocycles. The minimum Gasteiger partial charge on any atom is -0.381 e. The molecule has 0 bridgehead atoms. The number of rotatable bonds is 4. The van der Waals surface area contributed by atoms with Gasteiger partial charge in [-0.25, -0.2) is 26.9 Å². The highest BCUT2D eigenvalue weighted by molar-refractivity contribution is 7.89. The van der Waals surface area contributed by atoms with Gasteiger partial charge in [-0.05, 0) is 20.3 Å². The summed E-state index contributed by atoms with van der Waals surface area (Å²) in [5, 5.41) is -0.0940. The fourth-order valence-corrected chi connectivity index (χ4v) is 3.86. The molecule has 0 radical (unpaired) electrons. The first-order valence-corrected chi connectivity index (χ1v) is 8.26. The largest absolute Gasteiger partial charge is 0.381 e. The van der Waals surface area contributed by atoms with Gasteiger partial charge in [-0.3, -0.25) is 0 Å². The Kier molecular flexibility index (Phi) is 4.64. The van der Waals surface area contributed by atoms with E-state index in [9.17, 15) is 17.2 Å². The first-order valence-electron chi connectivity index (χ1n) is 6.78. The molecule has 0 spiro atoms. The van der Waals surface area contributed by atoms with Crippen molar-refractivity contribution in [3.8, 4) is 0 Å². The number of halogens is 2. The molecule has 1 unspecified atom stereocenters. The normalized spacial score (nSPS) is 23.0. The minimum absolute atomic E-state index is 0.0640. The van der Waals surface area contributed by atoms with Crippen molar-refractivity contribution in [2.24, 2.45) is 0 Å². The third kappa shape index (κ3) is 3.41. The summed E-state index contributed by atoms with van der Waals surface area (Å²) in [6.45, 7) is 3.86. The van der Waals surface area contributed by atoms with Crippen LogP contribution in [0.3, 0.4) is 0 Å². The predicted molar refractivity (Wildman–Crippen MR) is 71.7 cm³/mol. The lowest BCUT2D eigenvalue weighted by Gasteiger charge is -2.24. The van der Waals surface area contributed by atoms with Gasteiger partial charge in [0.1, 0.15) is 5.82 Å². The Labute approximate surface area is 122 Å². The van der Waals surface area contributed by atoms with Crippen LogP contribution in [-0.4, -0.2) is 43.1 Å². The van der Waals surface area contributed by atoms with Crippen LogP contribution in [0.2, 0.25) is 0 Å². The average Bonchev–Trinajstić information content (AvgIpc) is 2.70. The molecule has 0 aliphatic carbocycles. The van der Waals surface area contributed by atoms with Crippen LogP contribution in [0.5, 0.6) is 0 Å². The predicted octanol–water partition coefficient (Wildman–Crippen LogP) is 1.30. The van der Waals surface area contributed by atoms with Gasteiger partial charge in [-0.1, -0.05) is 0 Å². The SMILES string of the molecule is CCn1c(S(=O)(=O)NC2CCOCCC2(F)F)cnc1C. The van der Waals surface area contributed by atoms with E-state index in [4.69, 9.17) is 4.74 Å². The van der Waals surface area contributed by atoms with Crippen LogP contribution >= 0.6 is 0 Å². The minimum atomic E-state index is -4.05. The number of nitrogens with zero attached hydrogens (tertiary/aromatic N) is 2. The van der Waals surface area contributed by atoms with E-state index in [0.29, 0.717) is 12.4 Å². The second kappa shape index (κ2) is 5.98. The molecular weight excluding hydrogens is 304 g/mol. The standard InChI is InChI=1S/C12H19F2N3O3S/c1-3-17-9(2)15-8-11(17)21(18,19)16-10-4-6-20-7-5-12(10,13)14/h8,10,16H,3-7H2,1-2H3. The number of aromatic nitrogens is 2. The second-order valence-corrected chi connectivity index (χ2v) is 6.63. The lowest BCUT2D eigenvalue weighted by atomic mass is 10.1. The maximum absolute atomic E-state index is 13.9. The Balaban J connectivity index is 2.27. The zero-order valence-corrected chi connectivity index (χ0v) is 12.8. The summed E-state index contributed by atoms with van der Waals surface area (Å²) < 4.78 is 61.1. The molecule has 2 rings (SSSR count). The molecule has 2 heterocycles. The van der Waals surface area contributed by atoms with Gasteiger partial charge < -0.3 is 9.30 Å². The number of imidazole rings is 1. The molecule has 1 aliphatic heterocycles. The fourth-order valence-electron chi connectivity index (χ4n) is 2.34. The molecule has 9 heteroatoms. The number of hydrogen-bond acceptors (Lipinski definition) is 4. The number of aryl methyl sites for hydroxylation is 1. The van der Waals surface area contributed by atoms with Crippen LogP contribution in [-0.2, 0) is 21.3 Å². The van der Waals surface area contributed by atoms with Gasteiger partial charge in [0.15, 0.2) is 5.03 Å². The van der Waals surface area contributed by atoms with Crippen molar-refractivity contribution >= 4 is 10.0 Å². The first kappa shape index (κ1) is 16.3. The third-order valence-electron chi connectivity index (χ3n) is 3.55. The third-order valence-corrected chi connectivity index (χ3v) is 5.02. The zero-order valence-electron chi connectivity index (χ0n) is 12.0. The Hall–Kier alpha value is -1.06. The van der Waals surface area contributed by atoms with E-state index in [1.807, 2.05) is 0 Å². The molecule has 1 atom stereocenters. The van der Waals surface area contributed by atoms with Gasteiger partial charge in [0, 0.05) is 19.6 Å². The summed E-state index contributed by atoms with van der Waals surface area (Å²) in [4.78, 5) is 3.93. The molecular formula is C12H19F2N3O3S. The Bertz CT molecular complexity index is 601. The van der Waals surface area contributed by atoms with Crippen LogP contribution < -0.4 is 4.72 Å². The van der Waals surface area contributed by atoms with Crippen LogP contribution in [0.15, 0.2) is 11.2 Å². The van der Waals surface area contributed by atoms with Crippen molar-refractivity contribution < 1.29 is 21.9 Å². The number of sulfonamides is 1. The summed E-state index contributed by atoms with van der Waals surface area (Å²) in [5.41, 5.74) is 0. The molecule has 6 nitrogen and oxygen atoms in total. The van der Waals surface area contributed by atoms with Gasteiger partial charge in [-0.15, -0.1) is 0 Å². The van der Waals surface area contributed by atoms with Gasteiger partial charge >= 0.3 is 0 Å². The Morgan fingerprint density at radius 1 is 1.52 bits per heavy atom. The topological polar surface area (TPSA) is 73.2 Å². The van der Waals surface area contributed by atoms with Crippen molar-refractivity contribution in [3.63, 3.8) is 0 Å². The Morgan fingerprint density at radius 2 is 2.24 bits per heavy atom. The van der Waals surface area contributed by atoms with Crippen molar-refractivity contribution in [1.82, 2.24) is 14.3 Å². The van der Waals surface area contributed by atoms with E-state index in [1.165, 1.54) is 10.8 Å². The molecule has 1 aliphatic rings. The van der Waals surface area contributed by atoms with Crippen LogP contribution in [0.25, 0.3) is 0 Å². The summed E-state index contributed by atoms with van der Waals surface area (Å²) in [6.07, 6.45) is 0.629. The molecule has 1 N–H and O–H groups in total. The molecule has 21 heavy (non-hydrogen) atoms. The van der Waals surface area contributed by atoms with Crippen LogP contribution in [0.4, 0.5) is 8.78 Å². The molecule has 1 fully saturated rings. The lowest BCUT2D eigenvalue weighted by molar-refractivity contribution is -0.0378. The lowest BCUT2D eigenvalue weighted by Crippen LogP contribution is -2.47. The maximum Gasteiger partial charge on any atom is 0.266 e. The van der Waals surface area contributed by atoms with Crippen molar-refractivity contribution in [2.75, 3.05) is 13.2 Å². The fraction of sp³-hybridized carbons (Fsp3) is 0.750. The van der Waals surface area contributed by atoms with Gasteiger partial charge in [-0.2, -0.15) is 0 Å². The molecule has 1 aromatic rings. The zero-order chi connectivity index (χ0) is 15.7. The molecule has 0 aromatic carbocycles. The number of hydrogen-bond donors (Lipinski definition) is 1. The summed E-state index contributed by atoms with van der Waals surface area (Å²) in [6, 6.07) is -1.47. The number of ether oxygens (including phenoxy) is 1. The molecule has 120 valence electrons. The van der Waals surface area contributed by atoms with E-state index < -0.39 is 28.4 Å². The van der Waals surface area contributed by atoms with Crippen molar-refractivity contribution in [3.05, 3.63) is 12.0 Å². The van der Waals surface area contributed by atoms with E-state index in [2.05, 4.69) is 9.71 Å². The summed E-state index contributed by atoms with van der Waals surface area (Å²) in [7, 11) is -4.05. The molecule has 0 amide bonds. The first-order chi connectivity index (χ1) is 9.78. The quantitative estimate of drug-likeness (QED) is 0.906. The summed E-state index contributed by atoms with van der Waals surface area (Å²) >= 11 is 0. The smallest absolute Gasteiger partial charge is 0.266 e. The maximum atomic E-state index is 13.9.